The van der Waals surface area contributed by atoms with Gasteiger partial charge in [-0.05, 0) is 25.8 Å². The lowest BCUT2D eigenvalue weighted by Crippen LogP contribution is -2.29. The Balaban J connectivity index is 2.96. The third-order valence-electron chi connectivity index (χ3n) is 3.05. The molecule has 4 nitrogen and oxygen atoms in total. The lowest BCUT2D eigenvalue weighted by Gasteiger charge is -2.17. The molecule has 0 amide bonds. The van der Waals surface area contributed by atoms with Gasteiger partial charge in [0.15, 0.2) is 0 Å². The summed E-state index contributed by atoms with van der Waals surface area (Å²) in [5.74, 6) is -3.94. The van der Waals surface area contributed by atoms with Crippen LogP contribution in [-0.4, -0.2) is 22.2 Å². The summed E-state index contributed by atoms with van der Waals surface area (Å²) >= 11 is 0. The topological polar surface area (TPSA) is 74.6 Å². The van der Waals surface area contributed by atoms with Gasteiger partial charge in [0.05, 0.1) is 11.8 Å². The molecule has 0 saturated carbocycles. The van der Waals surface area contributed by atoms with Crippen molar-refractivity contribution >= 4 is 11.9 Å². The first-order valence-corrected chi connectivity index (χ1v) is 5.84. The van der Waals surface area contributed by atoms with Crippen LogP contribution in [0.1, 0.15) is 23.6 Å². The summed E-state index contributed by atoms with van der Waals surface area (Å²) in [4.78, 5) is 22.1. The maximum Gasteiger partial charge on any atom is 0.307 e. The zero-order valence-electron chi connectivity index (χ0n) is 10.8. The Labute approximate surface area is 106 Å². The first-order valence-electron chi connectivity index (χ1n) is 5.84. The Kier molecular flexibility index (Phi) is 4.48. The summed E-state index contributed by atoms with van der Waals surface area (Å²) in [7, 11) is 0. The van der Waals surface area contributed by atoms with Gasteiger partial charge in [-0.1, -0.05) is 36.2 Å². The van der Waals surface area contributed by atoms with Crippen LogP contribution in [0.25, 0.3) is 0 Å². The fourth-order valence-electron chi connectivity index (χ4n) is 2.09. The maximum absolute atomic E-state index is 11.2. The lowest BCUT2D eigenvalue weighted by molar-refractivity contribution is -0.152. The Hall–Kier alpha value is -1.84. The van der Waals surface area contributed by atoms with Gasteiger partial charge in [0.25, 0.3) is 0 Å². The third-order valence-corrected chi connectivity index (χ3v) is 3.05. The van der Waals surface area contributed by atoms with Crippen LogP contribution in [0, 0.1) is 25.7 Å². The van der Waals surface area contributed by atoms with Crippen LogP contribution in [0.15, 0.2) is 18.2 Å². The van der Waals surface area contributed by atoms with E-state index in [1.165, 1.54) is 6.92 Å². The van der Waals surface area contributed by atoms with Gasteiger partial charge in [-0.2, -0.15) is 0 Å². The predicted octanol–water partition coefficient (Wildman–Crippen LogP) is 2.27. The van der Waals surface area contributed by atoms with E-state index in [-0.39, 0.29) is 6.42 Å². The van der Waals surface area contributed by atoms with E-state index in [1.807, 2.05) is 32.0 Å². The first kappa shape index (κ1) is 14.2. The summed E-state index contributed by atoms with van der Waals surface area (Å²) in [6.07, 6.45) is 0.241. The van der Waals surface area contributed by atoms with Crippen molar-refractivity contribution in [2.24, 2.45) is 11.8 Å². The molecule has 4 heteroatoms. The van der Waals surface area contributed by atoms with Crippen molar-refractivity contribution in [1.29, 1.82) is 0 Å². The molecule has 0 radical (unpaired) electrons. The number of benzene rings is 1. The van der Waals surface area contributed by atoms with Gasteiger partial charge in [-0.3, -0.25) is 9.59 Å². The van der Waals surface area contributed by atoms with E-state index in [1.54, 1.807) is 0 Å². The molecule has 18 heavy (non-hydrogen) atoms. The third kappa shape index (κ3) is 3.58. The molecular weight excluding hydrogens is 232 g/mol. The largest absolute Gasteiger partial charge is 0.481 e. The number of aliphatic carboxylic acids is 2. The summed E-state index contributed by atoms with van der Waals surface area (Å²) in [6.45, 7) is 5.31. The smallest absolute Gasteiger partial charge is 0.307 e. The molecule has 0 saturated heterocycles. The second-order valence-electron chi connectivity index (χ2n) is 4.77. The highest BCUT2D eigenvalue weighted by Crippen LogP contribution is 2.20. The number of carbonyl (C=O) groups is 2. The van der Waals surface area contributed by atoms with E-state index in [2.05, 4.69) is 0 Å². The molecule has 1 rings (SSSR count). The Morgan fingerprint density at radius 2 is 1.56 bits per heavy atom. The standard InChI is InChI=1S/C14H18O4/c1-8-4-9(2)6-11(5-8)7-12(14(17)18)10(3)13(15)16/h4-6,10,12H,7H2,1-3H3,(H,15,16)(H,17,18)/t10-,12+/m0/s1. The minimum atomic E-state index is -1.08. The van der Waals surface area contributed by atoms with Crippen LogP contribution in [0.3, 0.4) is 0 Å². The summed E-state index contributed by atoms with van der Waals surface area (Å²) in [5.41, 5.74) is 2.97. The molecule has 0 unspecified atom stereocenters. The van der Waals surface area contributed by atoms with Crippen molar-refractivity contribution in [3.05, 3.63) is 34.9 Å². The zero-order chi connectivity index (χ0) is 13.9. The van der Waals surface area contributed by atoms with Gasteiger partial charge in [0, 0.05) is 0 Å². The predicted molar refractivity (Wildman–Crippen MR) is 67.5 cm³/mol. The molecule has 2 N–H and O–H groups in total. The van der Waals surface area contributed by atoms with E-state index < -0.39 is 23.8 Å². The van der Waals surface area contributed by atoms with Crippen LogP contribution in [0.5, 0.6) is 0 Å². The highest BCUT2D eigenvalue weighted by molar-refractivity contribution is 5.79. The molecule has 2 atom stereocenters. The van der Waals surface area contributed by atoms with E-state index in [0.717, 1.165) is 16.7 Å². The number of carboxylic acid groups (broad SMARTS) is 2. The van der Waals surface area contributed by atoms with Crippen molar-refractivity contribution in [1.82, 2.24) is 0 Å². The molecule has 0 bridgehead atoms. The van der Waals surface area contributed by atoms with Gasteiger partial charge in [-0.25, -0.2) is 0 Å². The average molecular weight is 250 g/mol. The van der Waals surface area contributed by atoms with Crippen molar-refractivity contribution in [2.45, 2.75) is 27.2 Å². The molecule has 0 heterocycles. The molecule has 1 aromatic carbocycles. The van der Waals surface area contributed by atoms with Crippen molar-refractivity contribution in [3.63, 3.8) is 0 Å². The Morgan fingerprint density at radius 3 is 1.94 bits per heavy atom. The van der Waals surface area contributed by atoms with E-state index in [0.29, 0.717) is 0 Å². The molecule has 1 aromatic rings. The van der Waals surface area contributed by atoms with Crippen molar-refractivity contribution in [2.75, 3.05) is 0 Å². The number of rotatable bonds is 5. The highest BCUT2D eigenvalue weighted by Gasteiger charge is 2.30. The number of carboxylic acids is 2. The Bertz CT molecular complexity index is 445. The number of aryl methyl sites for hydroxylation is 2. The molecule has 0 aliphatic carbocycles. The monoisotopic (exact) mass is 250 g/mol. The molecular formula is C14H18O4. The van der Waals surface area contributed by atoms with E-state index >= 15 is 0 Å². The van der Waals surface area contributed by atoms with Crippen LogP contribution in [-0.2, 0) is 16.0 Å². The van der Waals surface area contributed by atoms with Crippen LogP contribution in [0.2, 0.25) is 0 Å². The van der Waals surface area contributed by atoms with E-state index in [9.17, 15) is 9.59 Å². The normalized spacial score (nSPS) is 13.9. The SMILES string of the molecule is Cc1cc(C)cc(C[C@@H](C(=O)O)[C@H](C)C(=O)O)c1. The van der Waals surface area contributed by atoms with Gasteiger partial charge in [-0.15, -0.1) is 0 Å². The summed E-state index contributed by atoms with van der Waals surface area (Å²) in [5, 5.41) is 18.1. The number of hydrogen-bond acceptors (Lipinski definition) is 2. The van der Waals surface area contributed by atoms with Crippen LogP contribution < -0.4 is 0 Å². The summed E-state index contributed by atoms with van der Waals surface area (Å²) < 4.78 is 0. The van der Waals surface area contributed by atoms with Crippen LogP contribution >= 0.6 is 0 Å². The molecule has 0 fully saturated rings. The van der Waals surface area contributed by atoms with Gasteiger partial charge in [0.2, 0.25) is 0 Å². The fourth-order valence-corrected chi connectivity index (χ4v) is 2.09. The van der Waals surface area contributed by atoms with Gasteiger partial charge < -0.3 is 10.2 Å². The Morgan fingerprint density at radius 1 is 1.06 bits per heavy atom. The number of hydrogen-bond donors (Lipinski definition) is 2. The maximum atomic E-state index is 11.2. The zero-order valence-corrected chi connectivity index (χ0v) is 10.8. The van der Waals surface area contributed by atoms with Crippen molar-refractivity contribution < 1.29 is 19.8 Å². The molecule has 0 spiro atoms. The first-order chi connectivity index (χ1) is 8.31. The quantitative estimate of drug-likeness (QED) is 0.840. The molecule has 98 valence electrons. The fraction of sp³-hybridized carbons (Fsp3) is 0.429. The van der Waals surface area contributed by atoms with Gasteiger partial charge >= 0.3 is 11.9 Å². The van der Waals surface area contributed by atoms with Crippen molar-refractivity contribution in [3.8, 4) is 0 Å². The minimum Gasteiger partial charge on any atom is -0.481 e. The second kappa shape index (κ2) is 5.67. The molecule has 0 aliphatic heterocycles. The second-order valence-corrected chi connectivity index (χ2v) is 4.77. The molecule has 0 aliphatic rings. The summed E-state index contributed by atoms with van der Waals surface area (Å²) in [6, 6.07) is 5.80. The highest BCUT2D eigenvalue weighted by atomic mass is 16.4. The van der Waals surface area contributed by atoms with Crippen LogP contribution in [0.4, 0.5) is 0 Å². The minimum absolute atomic E-state index is 0.241. The lowest BCUT2D eigenvalue weighted by atomic mass is 9.87. The molecule has 0 aromatic heterocycles. The van der Waals surface area contributed by atoms with E-state index in [4.69, 9.17) is 10.2 Å². The van der Waals surface area contributed by atoms with Gasteiger partial charge in [0.1, 0.15) is 0 Å². The average Bonchev–Trinajstić information content (AvgIpc) is 2.23.